The predicted molar refractivity (Wildman–Crippen MR) is 130 cm³/mol. The number of anilines is 1. The third kappa shape index (κ3) is 5.50. The molecule has 0 fully saturated rings. The lowest BCUT2D eigenvalue weighted by atomic mass is 10.1. The lowest BCUT2D eigenvalue weighted by Gasteiger charge is -2.22. The monoisotopic (exact) mass is 471 g/mol. The van der Waals surface area contributed by atoms with Crippen molar-refractivity contribution in [1.82, 2.24) is 14.8 Å². The number of hydrogen-bond acceptors (Lipinski definition) is 5. The molecule has 0 bridgehead atoms. The Morgan fingerprint density at radius 2 is 1.65 bits per heavy atom. The average Bonchev–Trinajstić information content (AvgIpc) is 3.27. The van der Waals surface area contributed by atoms with E-state index in [4.69, 9.17) is 5.26 Å². The maximum absolute atomic E-state index is 14.4. The van der Waals surface area contributed by atoms with Crippen molar-refractivity contribution in [1.29, 1.82) is 5.26 Å². The maximum atomic E-state index is 14.4. The van der Waals surface area contributed by atoms with E-state index in [0.717, 1.165) is 17.1 Å². The Morgan fingerprint density at radius 3 is 2.35 bits per heavy atom. The van der Waals surface area contributed by atoms with E-state index in [1.807, 2.05) is 71.3 Å². The highest BCUT2D eigenvalue weighted by atomic mass is 32.2. The molecule has 170 valence electrons. The molecule has 34 heavy (non-hydrogen) atoms. The van der Waals surface area contributed by atoms with Crippen LogP contribution in [0, 0.1) is 17.1 Å². The van der Waals surface area contributed by atoms with Gasteiger partial charge < -0.3 is 4.90 Å². The summed E-state index contributed by atoms with van der Waals surface area (Å²) in [5, 5.41) is 18.3. The number of benzene rings is 3. The average molecular weight is 472 g/mol. The van der Waals surface area contributed by atoms with Crippen LogP contribution in [-0.2, 0) is 11.2 Å². The topological polar surface area (TPSA) is 74.8 Å². The standard InChI is InChI=1S/C26H22FN5OS/c27-22-14-7-8-15-23(22)31(17-9-16-28)25(33)19-34-26-30-29-24(18-20-10-3-1-4-11-20)32(26)21-12-5-2-6-13-21/h1-8,10-15H,9,17-19H2. The van der Waals surface area contributed by atoms with Crippen molar-refractivity contribution in [2.75, 3.05) is 17.2 Å². The van der Waals surface area contributed by atoms with Crippen molar-refractivity contribution in [3.63, 3.8) is 0 Å². The summed E-state index contributed by atoms with van der Waals surface area (Å²) in [6.45, 7) is 0.113. The Balaban J connectivity index is 1.59. The fourth-order valence-corrected chi connectivity index (χ4v) is 4.39. The van der Waals surface area contributed by atoms with E-state index in [2.05, 4.69) is 10.2 Å². The van der Waals surface area contributed by atoms with E-state index in [1.165, 1.54) is 22.7 Å². The van der Waals surface area contributed by atoms with Gasteiger partial charge in [-0.25, -0.2) is 4.39 Å². The summed E-state index contributed by atoms with van der Waals surface area (Å²) in [5.41, 5.74) is 2.16. The largest absolute Gasteiger partial charge is 0.308 e. The third-order valence-corrected chi connectivity index (χ3v) is 6.05. The van der Waals surface area contributed by atoms with Gasteiger partial charge in [0, 0.05) is 18.7 Å². The van der Waals surface area contributed by atoms with Crippen LogP contribution in [0.4, 0.5) is 10.1 Å². The summed E-state index contributed by atoms with van der Waals surface area (Å²) in [6.07, 6.45) is 0.687. The number of amides is 1. The van der Waals surface area contributed by atoms with E-state index in [-0.39, 0.29) is 30.3 Å². The zero-order chi connectivity index (χ0) is 23.8. The van der Waals surface area contributed by atoms with Crippen LogP contribution in [-0.4, -0.2) is 33.0 Å². The number of nitriles is 1. The Hall–Kier alpha value is -3.96. The highest BCUT2D eigenvalue weighted by Gasteiger charge is 2.21. The van der Waals surface area contributed by atoms with Crippen LogP contribution in [0.5, 0.6) is 0 Å². The Labute approximate surface area is 201 Å². The molecule has 0 spiro atoms. The summed E-state index contributed by atoms with van der Waals surface area (Å²) in [7, 11) is 0. The summed E-state index contributed by atoms with van der Waals surface area (Å²) < 4.78 is 16.3. The van der Waals surface area contributed by atoms with Gasteiger partial charge in [0.2, 0.25) is 5.91 Å². The summed E-state index contributed by atoms with van der Waals surface area (Å²) in [6, 6.07) is 27.8. The molecule has 0 atom stereocenters. The molecule has 4 rings (SSSR count). The van der Waals surface area contributed by atoms with E-state index in [0.29, 0.717) is 11.6 Å². The van der Waals surface area contributed by atoms with E-state index < -0.39 is 5.82 Å². The lowest BCUT2D eigenvalue weighted by molar-refractivity contribution is -0.116. The van der Waals surface area contributed by atoms with Gasteiger partial charge in [0.1, 0.15) is 11.6 Å². The molecule has 0 unspecified atom stereocenters. The molecule has 8 heteroatoms. The summed E-state index contributed by atoms with van der Waals surface area (Å²) in [4.78, 5) is 14.4. The summed E-state index contributed by atoms with van der Waals surface area (Å²) in [5.74, 6) is -0.0347. The number of para-hydroxylation sites is 2. The number of hydrogen-bond donors (Lipinski definition) is 0. The number of nitrogens with zero attached hydrogens (tertiary/aromatic N) is 5. The van der Waals surface area contributed by atoms with Gasteiger partial charge in [-0.15, -0.1) is 10.2 Å². The van der Waals surface area contributed by atoms with Crippen molar-refractivity contribution >= 4 is 23.4 Å². The molecule has 6 nitrogen and oxygen atoms in total. The van der Waals surface area contributed by atoms with Crippen LogP contribution in [0.3, 0.4) is 0 Å². The van der Waals surface area contributed by atoms with Crippen LogP contribution >= 0.6 is 11.8 Å². The molecule has 0 aliphatic rings. The Morgan fingerprint density at radius 1 is 0.971 bits per heavy atom. The van der Waals surface area contributed by atoms with Gasteiger partial charge in [0.05, 0.1) is 23.9 Å². The van der Waals surface area contributed by atoms with Crippen LogP contribution in [0.25, 0.3) is 5.69 Å². The van der Waals surface area contributed by atoms with Crippen LogP contribution in [0.1, 0.15) is 17.8 Å². The number of rotatable bonds is 9. The first-order valence-corrected chi connectivity index (χ1v) is 11.7. The van der Waals surface area contributed by atoms with Gasteiger partial charge in [-0.05, 0) is 29.8 Å². The van der Waals surface area contributed by atoms with Crippen molar-refractivity contribution in [3.05, 3.63) is 102 Å². The number of carbonyl (C=O) groups is 1. The Kier molecular flexibility index (Phi) is 7.68. The Bertz CT molecular complexity index is 1290. The highest BCUT2D eigenvalue weighted by molar-refractivity contribution is 7.99. The first-order valence-electron chi connectivity index (χ1n) is 10.8. The van der Waals surface area contributed by atoms with E-state index in [1.54, 1.807) is 18.2 Å². The molecule has 1 amide bonds. The van der Waals surface area contributed by atoms with Gasteiger partial charge in [-0.1, -0.05) is 72.4 Å². The molecule has 0 N–H and O–H groups in total. The zero-order valence-corrected chi connectivity index (χ0v) is 19.2. The molecule has 0 saturated carbocycles. The van der Waals surface area contributed by atoms with Gasteiger partial charge in [0.25, 0.3) is 0 Å². The maximum Gasteiger partial charge on any atom is 0.237 e. The number of thioether (sulfide) groups is 1. The van der Waals surface area contributed by atoms with Crippen LogP contribution in [0.15, 0.2) is 90.1 Å². The van der Waals surface area contributed by atoms with Crippen molar-refractivity contribution in [3.8, 4) is 11.8 Å². The minimum Gasteiger partial charge on any atom is -0.308 e. The normalized spacial score (nSPS) is 10.6. The quantitative estimate of drug-likeness (QED) is 0.320. The van der Waals surface area contributed by atoms with Gasteiger partial charge in [-0.2, -0.15) is 5.26 Å². The number of aromatic nitrogens is 3. The molecule has 0 aliphatic heterocycles. The fraction of sp³-hybridized carbons (Fsp3) is 0.154. The second kappa shape index (κ2) is 11.3. The molecular formula is C26H22FN5OS. The molecule has 3 aromatic carbocycles. The summed E-state index contributed by atoms with van der Waals surface area (Å²) >= 11 is 1.24. The molecule has 4 aromatic rings. The van der Waals surface area contributed by atoms with E-state index >= 15 is 0 Å². The predicted octanol–water partition coefficient (Wildman–Crippen LogP) is 5.04. The molecule has 0 saturated heterocycles. The van der Waals surface area contributed by atoms with Crippen LogP contribution < -0.4 is 4.90 Å². The van der Waals surface area contributed by atoms with E-state index in [9.17, 15) is 9.18 Å². The minimum atomic E-state index is -0.503. The lowest BCUT2D eigenvalue weighted by Crippen LogP contribution is -2.34. The van der Waals surface area contributed by atoms with Gasteiger partial charge in [-0.3, -0.25) is 9.36 Å². The second-order valence-corrected chi connectivity index (χ2v) is 8.37. The molecule has 1 aromatic heterocycles. The fourth-order valence-electron chi connectivity index (χ4n) is 3.54. The first kappa shape index (κ1) is 23.2. The highest BCUT2D eigenvalue weighted by Crippen LogP contribution is 2.26. The van der Waals surface area contributed by atoms with Crippen LogP contribution in [0.2, 0.25) is 0 Å². The van der Waals surface area contributed by atoms with Gasteiger partial charge >= 0.3 is 0 Å². The van der Waals surface area contributed by atoms with Crippen molar-refractivity contribution in [2.45, 2.75) is 18.0 Å². The second-order valence-electron chi connectivity index (χ2n) is 7.43. The first-order chi connectivity index (χ1) is 16.7. The third-order valence-electron chi connectivity index (χ3n) is 5.14. The molecule has 0 radical (unpaired) electrons. The number of halogens is 1. The minimum absolute atomic E-state index is 0.0239. The van der Waals surface area contributed by atoms with Crippen molar-refractivity contribution in [2.24, 2.45) is 0 Å². The molecule has 1 heterocycles. The molecule has 0 aliphatic carbocycles. The number of carbonyl (C=O) groups excluding carboxylic acids is 1. The smallest absolute Gasteiger partial charge is 0.237 e. The van der Waals surface area contributed by atoms with Gasteiger partial charge in [0.15, 0.2) is 5.16 Å². The zero-order valence-electron chi connectivity index (χ0n) is 18.3. The SMILES string of the molecule is N#CCCN(C(=O)CSc1nnc(Cc2ccccc2)n1-c1ccccc1)c1ccccc1F. The molecular weight excluding hydrogens is 449 g/mol. The van der Waals surface area contributed by atoms with Crippen molar-refractivity contribution < 1.29 is 9.18 Å².